The number of hydrogen-bond donors (Lipinski definition) is 1. The molecule has 1 N–H and O–H groups in total. The first kappa shape index (κ1) is 11.0. The summed E-state index contributed by atoms with van der Waals surface area (Å²) in [6.07, 6.45) is 5.34. The Balaban J connectivity index is 1.85. The van der Waals surface area contributed by atoms with Crippen molar-refractivity contribution in [2.75, 3.05) is 12.4 Å². The Labute approximate surface area is 95.6 Å². The largest absolute Gasteiger partial charge is 0.381 e. The van der Waals surface area contributed by atoms with Crippen molar-refractivity contribution in [2.45, 2.75) is 44.8 Å². The molecule has 84 valence electrons. The first-order chi connectivity index (χ1) is 7.29. The van der Waals surface area contributed by atoms with Gasteiger partial charge in [-0.15, -0.1) is 11.3 Å². The number of hydrogen-bond acceptors (Lipinski definition) is 3. The van der Waals surface area contributed by atoms with E-state index in [1.54, 1.807) is 11.3 Å². The highest BCUT2D eigenvalue weighted by Gasteiger charge is 2.20. The number of anilines is 1. The molecule has 0 spiro atoms. The lowest BCUT2D eigenvalue weighted by Crippen LogP contribution is -2.29. The summed E-state index contributed by atoms with van der Waals surface area (Å²) >= 11 is 1.77. The van der Waals surface area contributed by atoms with Gasteiger partial charge in [-0.1, -0.05) is 0 Å². The lowest BCUT2D eigenvalue weighted by Gasteiger charge is -2.28. The highest BCUT2D eigenvalue weighted by atomic mass is 32.1. The van der Waals surface area contributed by atoms with Crippen LogP contribution >= 0.6 is 11.3 Å². The molecule has 0 radical (unpaired) electrons. The normalized spacial score (nSPS) is 26.5. The van der Waals surface area contributed by atoms with Crippen LogP contribution in [0.2, 0.25) is 0 Å². The number of methoxy groups -OCH3 is 1. The van der Waals surface area contributed by atoms with Gasteiger partial charge in [0.15, 0.2) is 0 Å². The maximum Gasteiger partial charge on any atom is 0.0572 e. The minimum absolute atomic E-state index is 0.492. The zero-order valence-electron chi connectivity index (χ0n) is 9.45. The van der Waals surface area contributed by atoms with Crippen LogP contribution in [0.25, 0.3) is 0 Å². The van der Waals surface area contributed by atoms with Gasteiger partial charge >= 0.3 is 0 Å². The van der Waals surface area contributed by atoms with Gasteiger partial charge in [0, 0.05) is 24.2 Å². The molecule has 0 atom stereocenters. The third kappa shape index (κ3) is 2.73. The molecular formula is C12H19NOS. The van der Waals surface area contributed by atoms with Gasteiger partial charge in [-0.3, -0.25) is 0 Å². The summed E-state index contributed by atoms with van der Waals surface area (Å²) in [5, 5.41) is 8.03. The van der Waals surface area contributed by atoms with Gasteiger partial charge in [-0.2, -0.15) is 0 Å². The van der Waals surface area contributed by atoms with Crippen LogP contribution in [0.15, 0.2) is 10.8 Å². The van der Waals surface area contributed by atoms with Crippen LogP contribution in [-0.2, 0) is 4.74 Å². The van der Waals surface area contributed by atoms with Crippen molar-refractivity contribution < 1.29 is 4.74 Å². The first-order valence-corrected chi connectivity index (χ1v) is 6.56. The number of rotatable bonds is 3. The molecule has 0 aromatic carbocycles. The second-order valence-electron chi connectivity index (χ2n) is 4.32. The van der Waals surface area contributed by atoms with E-state index in [2.05, 4.69) is 23.0 Å². The summed E-state index contributed by atoms with van der Waals surface area (Å²) in [6, 6.07) is 0.643. The van der Waals surface area contributed by atoms with Crippen LogP contribution in [0, 0.1) is 6.92 Å². The smallest absolute Gasteiger partial charge is 0.0572 e. The number of ether oxygens (including phenoxy) is 1. The lowest BCUT2D eigenvalue weighted by atomic mass is 9.93. The van der Waals surface area contributed by atoms with E-state index in [1.165, 1.54) is 36.9 Å². The van der Waals surface area contributed by atoms with Crippen LogP contribution in [0.4, 0.5) is 5.69 Å². The molecular weight excluding hydrogens is 206 g/mol. The molecule has 1 heterocycles. The van der Waals surface area contributed by atoms with E-state index in [1.807, 2.05) is 7.11 Å². The molecule has 0 saturated heterocycles. The monoisotopic (exact) mass is 225 g/mol. The standard InChI is InChI=1S/C12H19NOS/c1-9-7-15-8-12(9)13-10-3-5-11(14-2)6-4-10/h7-8,10-11,13H,3-6H2,1-2H3. The van der Waals surface area contributed by atoms with Crippen LogP contribution in [0.1, 0.15) is 31.2 Å². The Bertz CT molecular complexity index is 302. The number of aryl methyl sites for hydroxylation is 1. The van der Waals surface area contributed by atoms with Gasteiger partial charge in [-0.25, -0.2) is 0 Å². The Kier molecular flexibility index (Phi) is 3.65. The average Bonchev–Trinajstić information content (AvgIpc) is 2.66. The zero-order chi connectivity index (χ0) is 10.7. The molecule has 0 aliphatic heterocycles. The molecule has 1 aromatic heterocycles. The maximum atomic E-state index is 5.37. The third-order valence-electron chi connectivity index (χ3n) is 3.22. The SMILES string of the molecule is COC1CCC(Nc2cscc2C)CC1. The summed E-state index contributed by atoms with van der Waals surface area (Å²) in [7, 11) is 1.82. The van der Waals surface area contributed by atoms with Gasteiger partial charge in [0.25, 0.3) is 0 Å². The molecule has 0 bridgehead atoms. The Hall–Kier alpha value is -0.540. The molecule has 1 saturated carbocycles. The Morgan fingerprint density at radius 1 is 1.27 bits per heavy atom. The zero-order valence-corrected chi connectivity index (χ0v) is 10.3. The fourth-order valence-electron chi connectivity index (χ4n) is 2.17. The highest BCUT2D eigenvalue weighted by Crippen LogP contribution is 2.26. The molecule has 1 fully saturated rings. The van der Waals surface area contributed by atoms with Crippen molar-refractivity contribution in [3.8, 4) is 0 Å². The second-order valence-corrected chi connectivity index (χ2v) is 5.07. The van der Waals surface area contributed by atoms with Crippen molar-refractivity contribution in [1.29, 1.82) is 0 Å². The van der Waals surface area contributed by atoms with E-state index in [-0.39, 0.29) is 0 Å². The van der Waals surface area contributed by atoms with Crippen molar-refractivity contribution in [3.63, 3.8) is 0 Å². The van der Waals surface area contributed by atoms with Gasteiger partial charge in [-0.05, 0) is 43.6 Å². The lowest BCUT2D eigenvalue weighted by molar-refractivity contribution is 0.0682. The van der Waals surface area contributed by atoms with Crippen molar-refractivity contribution in [1.82, 2.24) is 0 Å². The first-order valence-electron chi connectivity index (χ1n) is 5.61. The van der Waals surface area contributed by atoms with Crippen molar-refractivity contribution in [2.24, 2.45) is 0 Å². The molecule has 0 unspecified atom stereocenters. The van der Waals surface area contributed by atoms with Crippen LogP contribution < -0.4 is 5.32 Å². The second kappa shape index (κ2) is 4.99. The predicted molar refractivity (Wildman–Crippen MR) is 65.7 cm³/mol. The summed E-state index contributed by atoms with van der Waals surface area (Å²) in [4.78, 5) is 0. The fourth-order valence-corrected chi connectivity index (χ4v) is 2.96. The molecule has 2 nitrogen and oxygen atoms in total. The summed E-state index contributed by atoms with van der Waals surface area (Å²) in [5.41, 5.74) is 2.69. The van der Waals surface area contributed by atoms with E-state index in [0.29, 0.717) is 12.1 Å². The molecule has 3 heteroatoms. The van der Waals surface area contributed by atoms with Crippen LogP contribution in [-0.4, -0.2) is 19.3 Å². The summed E-state index contributed by atoms with van der Waals surface area (Å²) < 4.78 is 5.37. The number of thiophene rings is 1. The summed E-state index contributed by atoms with van der Waals surface area (Å²) in [6.45, 7) is 2.17. The average molecular weight is 225 g/mol. The molecule has 0 amide bonds. The number of nitrogens with one attached hydrogen (secondary N) is 1. The van der Waals surface area contributed by atoms with Crippen LogP contribution in [0.5, 0.6) is 0 Å². The molecule has 1 aliphatic rings. The van der Waals surface area contributed by atoms with Crippen molar-refractivity contribution in [3.05, 3.63) is 16.3 Å². The van der Waals surface area contributed by atoms with E-state index in [9.17, 15) is 0 Å². The van der Waals surface area contributed by atoms with Gasteiger partial charge in [0.05, 0.1) is 6.10 Å². The summed E-state index contributed by atoms with van der Waals surface area (Å²) in [5.74, 6) is 0. The Morgan fingerprint density at radius 2 is 2.00 bits per heavy atom. The van der Waals surface area contributed by atoms with E-state index in [4.69, 9.17) is 4.74 Å². The van der Waals surface area contributed by atoms with E-state index >= 15 is 0 Å². The molecule has 1 aliphatic carbocycles. The van der Waals surface area contributed by atoms with E-state index < -0.39 is 0 Å². The maximum absolute atomic E-state index is 5.37. The fraction of sp³-hybridized carbons (Fsp3) is 0.667. The van der Waals surface area contributed by atoms with Gasteiger partial charge < -0.3 is 10.1 Å². The predicted octanol–water partition coefficient (Wildman–Crippen LogP) is 3.43. The van der Waals surface area contributed by atoms with Gasteiger partial charge in [0.2, 0.25) is 0 Å². The topological polar surface area (TPSA) is 21.3 Å². The van der Waals surface area contributed by atoms with E-state index in [0.717, 1.165) is 0 Å². The highest BCUT2D eigenvalue weighted by molar-refractivity contribution is 7.08. The molecule has 15 heavy (non-hydrogen) atoms. The van der Waals surface area contributed by atoms with Crippen LogP contribution in [0.3, 0.4) is 0 Å². The molecule has 2 rings (SSSR count). The minimum atomic E-state index is 0.492. The quantitative estimate of drug-likeness (QED) is 0.851. The Morgan fingerprint density at radius 3 is 2.53 bits per heavy atom. The van der Waals surface area contributed by atoms with Crippen molar-refractivity contribution >= 4 is 17.0 Å². The van der Waals surface area contributed by atoms with Gasteiger partial charge in [0.1, 0.15) is 0 Å². The molecule has 1 aromatic rings. The third-order valence-corrected chi connectivity index (χ3v) is 4.08. The minimum Gasteiger partial charge on any atom is -0.381 e.